The van der Waals surface area contributed by atoms with E-state index >= 15 is 0 Å². The molecule has 21 heavy (non-hydrogen) atoms. The van der Waals surface area contributed by atoms with E-state index in [0.717, 1.165) is 0 Å². The van der Waals surface area contributed by atoms with Gasteiger partial charge in [0.15, 0.2) is 9.84 Å². The van der Waals surface area contributed by atoms with Gasteiger partial charge < -0.3 is 0 Å². The zero-order valence-electron chi connectivity index (χ0n) is 11.2. The minimum atomic E-state index is -3.62. The van der Waals surface area contributed by atoms with Crippen LogP contribution < -0.4 is 0 Å². The first-order valence-corrected chi connectivity index (χ1v) is 8.28. The number of rotatable bonds is 5. The van der Waals surface area contributed by atoms with Crippen LogP contribution in [0.4, 0.5) is 5.69 Å². The molecule has 0 bridgehead atoms. The summed E-state index contributed by atoms with van der Waals surface area (Å²) in [6, 6.07) is 3.92. The van der Waals surface area contributed by atoms with Crippen LogP contribution >= 0.6 is 11.6 Å². The third-order valence-electron chi connectivity index (χ3n) is 3.30. The van der Waals surface area contributed by atoms with Gasteiger partial charge in [0.2, 0.25) is 0 Å². The van der Waals surface area contributed by atoms with Gasteiger partial charge in [-0.1, -0.05) is 0 Å². The van der Waals surface area contributed by atoms with Gasteiger partial charge in [0.1, 0.15) is 0 Å². The molecule has 8 heteroatoms. The summed E-state index contributed by atoms with van der Waals surface area (Å²) in [5.41, 5.74) is -0.142. The summed E-state index contributed by atoms with van der Waals surface area (Å²) < 4.78 is 25.1. The fourth-order valence-electron chi connectivity index (χ4n) is 2.08. The second kappa shape index (κ2) is 5.95. The predicted molar refractivity (Wildman–Crippen MR) is 80.4 cm³/mol. The van der Waals surface area contributed by atoms with E-state index < -0.39 is 20.0 Å². The number of non-ortho nitro benzene ring substituents is 1. The molecule has 6 nitrogen and oxygen atoms in total. The second-order valence-corrected chi connectivity index (χ2v) is 7.31. The first-order chi connectivity index (χ1) is 9.89. The number of fused-ring (bicyclic) bond motifs is 1. The maximum atomic E-state index is 12.6. The largest absolute Gasteiger partial charge is 0.277 e. The molecule has 0 N–H and O–H groups in total. The molecule has 1 heterocycles. The van der Waals surface area contributed by atoms with Crippen molar-refractivity contribution in [2.75, 3.05) is 5.88 Å². The first-order valence-electron chi connectivity index (χ1n) is 6.20. The van der Waals surface area contributed by atoms with Crippen LogP contribution in [0, 0.1) is 10.1 Å². The Morgan fingerprint density at radius 1 is 1.33 bits per heavy atom. The highest BCUT2D eigenvalue weighted by atomic mass is 35.5. The molecule has 1 aromatic carbocycles. The van der Waals surface area contributed by atoms with Crippen molar-refractivity contribution in [1.29, 1.82) is 0 Å². The van der Waals surface area contributed by atoms with E-state index in [0.29, 0.717) is 6.42 Å². The van der Waals surface area contributed by atoms with Crippen LogP contribution in [0.1, 0.15) is 13.3 Å². The molecule has 0 amide bonds. The number of aromatic nitrogens is 1. The Morgan fingerprint density at radius 3 is 2.67 bits per heavy atom. The maximum Gasteiger partial charge on any atom is 0.277 e. The Bertz CT molecular complexity index is 792. The Labute approximate surface area is 126 Å². The number of pyridine rings is 1. The van der Waals surface area contributed by atoms with Gasteiger partial charge in [0.25, 0.3) is 5.69 Å². The smallest absolute Gasteiger partial charge is 0.264 e. The van der Waals surface area contributed by atoms with Crippen LogP contribution in [0.5, 0.6) is 0 Å². The van der Waals surface area contributed by atoms with Gasteiger partial charge in [-0.2, -0.15) is 0 Å². The van der Waals surface area contributed by atoms with Gasteiger partial charge in [-0.3, -0.25) is 15.1 Å². The van der Waals surface area contributed by atoms with Crippen molar-refractivity contribution in [2.24, 2.45) is 0 Å². The van der Waals surface area contributed by atoms with E-state index in [1.807, 2.05) is 0 Å². The van der Waals surface area contributed by atoms with Gasteiger partial charge in [-0.25, -0.2) is 8.42 Å². The normalized spacial score (nSPS) is 13.2. The van der Waals surface area contributed by atoms with E-state index in [2.05, 4.69) is 4.98 Å². The van der Waals surface area contributed by atoms with Crippen molar-refractivity contribution < 1.29 is 13.3 Å². The Kier molecular flexibility index (Phi) is 4.43. The highest BCUT2D eigenvalue weighted by molar-refractivity contribution is 7.92. The average molecular weight is 329 g/mol. The number of alkyl halides is 1. The van der Waals surface area contributed by atoms with Crippen LogP contribution in [0.15, 0.2) is 35.5 Å². The highest BCUT2D eigenvalue weighted by Crippen LogP contribution is 2.32. The van der Waals surface area contributed by atoms with Crippen LogP contribution in [0.2, 0.25) is 0 Å². The third-order valence-corrected chi connectivity index (χ3v) is 5.79. The lowest BCUT2D eigenvalue weighted by Crippen LogP contribution is -2.19. The van der Waals surface area contributed by atoms with E-state index in [4.69, 9.17) is 11.6 Å². The van der Waals surface area contributed by atoms with Crippen molar-refractivity contribution in [3.63, 3.8) is 0 Å². The molecule has 1 unspecified atom stereocenters. The molecule has 2 rings (SSSR count). The number of benzene rings is 1. The monoisotopic (exact) mass is 328 g/mol. The van der Waals surface area contributed by atoms with Crippen molar-refractivity contribution in [3.8, 4) is 0 Å². The number of hydrogen-bond acceptors (Lipinski definition) is 5. The van der Waals surface area contributed by atoms with Crippen LogP contribution in [0.25, 0.3) is 10.8 Å². The quantitative estimate of drug-likeness (QED) is 0.478. The summed E-state index contributed by atoms with van der Waals surface area (Å²) >= 11 is 5.61. The molecule has 1 atom stereocenters. The standard InChI is InChI=1S/C13H13ClN2O4S/c1-9(4-6-14)21(19,20)13-3-2-12(16(17)18)10-5-7-15-8-11(10)13/h2-3,5,7-9H,4,6H2,1H3. The summed E-state index contributed by atoms with van der Waals surface area (Å²) in [6.07, 6.45) is 3.04. The molecule has 0 aliphatic carbocycles. The van der Waals surface area contributed by atoms with Gasteiger partial charge in [0.05, 0.1) is 20.5 Å². The molecule has 2 aromatic rings. The van der Waals surface area contributed by atoms with E-state index in [9.17, 15) is 18.5 Å². The molecule has 112 valence electrons. The second-order valence-electron chi connectivity index (χ2n) is 4.59. The lowest BCUT2D eigenvalue weighted by molar-refractivity contribution is -0.383. The van der Waals surface area contributed by atoms with Crippen molar-refractivity contribution in [2.45, 2.75) is 23.5 Å². The van der Waals surface area contributed by atoms with Crippen molar-refractivity contribution in [3.05, 3.63) is 40.7 Å². The third kappa shape index (κ3) is 2.84. The zero-order valence-corrected chi connectivity index (χ0v) is 12.8. The summed E-state index contributed by atoms with van der Waals surface area (Å²) in [4.78, 5) is 14.4. The number of halogens is 1. The number of sulfone groups is 1. The Morgan fingerprint density at radius 2 is 2.05 bits per heavy atom. The fraction of sp³-hybridized carbons (Fsp3) is 0.308. The van der Waals surface area contributed by atoms with Gasteiger partial charge in [0, 0.05) is 29.7 Å². The van der Waals surface area contributed by atoms with Crippen LogP contribution in [-0.4, -0.2) is 29.5 Å². The highest BCUT2D eigenvalue weighted by Gasteiger charge is 2.27. The molecule has 0 radical (unpaired) electrons. The van der Waals surface area contributed by atoms with Crippen LogP contribution in [0.3, 0.4) is 0 Å². The SMILES string of the molecule is CC(CCCl)S(=O)(=O)c1ccc([N+](=O)[O-])c2ccncc12. The maximum absolute atomic E-state index is 12.6. The van der Waals surface area contributed by atoms with Gasteiger partial charge in [-0.05, 0) is 25.5 Å². The molecule has 1 aromatic heterocycles. The topological polar surface area (TPSA) is 90.2 Å². The molecule has 0 spiro atoms. The van der Waals surface area contributed by atoms with Gasteiger partial charge in [-0.15, -0.1) is 11.6 Å². The van der Waals surface area contributed by atoms with E-state index in [1.54, 1.807) is 6.92 Å². The number of nitro benzene ring substituents is 1. The summed E-state index contributed by atoms with van der Waals surface area (Å²) in [5.74, 6) is 0.226. The number of nitrogens with zero attached hydrogens (tertiary/aromatic N) is 2. The van der Waals surface area contributed by atoms with E-state index in [-0.39, 0.29) is 27.2 Å². The zero-order chi connectivity index (χ0) is 15.6. The molecule has 0 fully saturated rings. The minimum Gasteiger partial charge on any atom is -0.264 e. The lowest BCUT2D eigenvalue weighted by atomic mass is 10.1. The van der Waals surface area contributed by atoms with Crippen molar-refractivity contribution in [1.82, 2.24) is 4.98 Å². The molecular formula is C13H13ClN2O4S. The summed E-state index contributed by atoms with van der Waals surface area (Å²) in [6.45, 7) is 1.57. The molecule has 0 aliphatic heterocycles. The lowest BCUT2D eigenvalue weighted by Gasteiger charge is -2.13. The fourth-order valence-corrected chi connectivity index (χ4v) is 4.13. The van der Waals surface area contributed by atoms with Crippen molar-refractivity contribution >= 4 is 37.9 Å². The number of hydrogen-bond donors (Lipinski definition) is 0. The average Bonchev–Trinajstić information content (AvgIpc) is 2.46. The molecule has 0 aliphatic rings. The Balaban J connectivity index is 2.72. The van der Waals surface area contributed by atoms with Crippen LogP contribution in [-0.2, 0) is 9.84 Å². The Hall–Kier alpha value is -1.73. The summed E-state index contributed by atoms with van der Waals surface area (Å²) in [7, 11) is -3.62. The minimum absolute atomic E-state index is 0.0498. The molecule has 0 saturated carbocycles. The summed E-state index contributed by atoms with van der Waals surface area (Å²) in [5, 5.41) is 10.9. The number of nitro groups is 1. The first kappa shape index (κ1) is 15.7. The molecule has 0 saturated heterocycles. The van der Waals surface area contributed by atoms with Gasteiger partial charge >= 0.3 is 0 Å². The predicted octanol–water partition coefficient (Wildman–Crippen LogP) is 2.93. The molecular weight excluding hydrogens is 316 g/mol. The van der Waals surface area contributed by atoms with E-state index in [1.165, 1.54) is 30.6 Å².